The molecule has 1 saturated heterocycles. The number of amides is 1. The Hall–Kier alpha value is -1.30. The predicted octanol–water partition coefficient (Wildman–Crippen LogP) is 1.73. The highest BCUT2D eigenvalue weighted by Crippen LogP contribution is 2.37. The third-order valence-corrected chi connectivity index (χ3v) is 4.59. The molecule has 3 rings (SSSR count). The lowest BCUT2D eigenvalue weighted by molar-refractivity contribution is -0.130. The standard InChI is InChI=1S/C16H22N2O3.ClH/c1-20-14-4-2-3-11-12(14)5-6-13(11)18-15(19)16(17)7-9-21-10-8-16;/h2-4,13H,5-10,17H2,1H3,(H,18,19);1H. The van der Waals surface area contributed by atoms with Crippen molar-refractivity contribution in [1.82, 2.24) is 5.32 Å². The number of carbonyl (C=O) groups excluding carboxylic acids is 1. The van der Waals surface area contributed by atoms with Gasteiger partial charge in [0.25, 0.3) is 0 Å². The van der Waals surface area contributed by atoms with E-state index in [0.29, 0.717) is 26.1 Å². The highest BCUT2D eigenvalue weighted by atomic mass is 35.5. The zero-order valence-corrected chi connectivity index (χ0v) is 13.6. The minimum absolute atomic E-state index is 0. The van der Waals surface area contributed by atoms with Gasteiger partial charge in [0.1, 0.15) is 5.75 Å². The number of fused-ring (bicyclic) bond motifs is 1. The van der Waals surface area contributed by atoms with Gasteiger partial charge < -0.3 is 20.5 Å². The maximum absolute atomic E-state index is 12.5. The first kappa shape index (κ1) is 17.1. The Morgan fingerprint density at radius 3 is 2.82 bits per heavy atom. The van der Waals surface area contributed by atoms with Crippen LogP contribution in [0.4, 0.5) is 0 Å². The Morgan fingerprint density at radius 2 is 2.14 bits per heavy atom. The first-order valence-electron chi connectivity index (χ1n) is 7.47. The van der Waals surface area contributed by atoms with E-state index >= 15 is 0 Å². The van der Waals surface area contributed by atoms with Gasteiger partial charge in [-0.2, -0.15) is 0 Å². The van der Waals surface area contributed by atoms with E-state index in [0.717, 1.165) is 24.2 Å². The molecule has 0 saturated carbocycles. The fraction of sp³-hybridized carbons (Fsp3) is 0.562. The van der Waals surface area contributed by atoms with Gasteiger partial charge in [-0.15, -0.1) is 12.4 Å². The van der Waals surface area contributed by atoms with Gasteiger partial charge in [-0.3, -0.25) is 4.79 Å². The molecule has 22 heavy (non-hydrogen) atoms. The molecule has 1 unspecified atom stereocenters. The Kier molecular flexibility index (Phi) is 5.32. The molecule has 0 bridgehead atoms. The molecule has 1 fully saturated rings. The molecular weight excluding hydrogens is 304 g/mol. The molecule has 6 heteroatoms. The molecule has 5 nitrogen and oxygen atoms in total. The van der Waals surface area contributed by atoms with Crippen LogP contribution in [0.3, 0.4) is 0 Å². The number of hydrogen-bond acceptors (Lipinski definition) is 4. The van der Waals surface area contributed by atoms with Crippen LogP contribution >= 0.6 is 12.4 Å². The maximum atomic E-state index is 12.5. The molecule has 1 amide bonds. The molecule has 1 atom stereocenters. The van der Waals surface area contributed by atoms with E-state index in [4.69, 9.17) is 15.2 Å². The van der Waals surface area contributed by atoms with E-state index in [1.165, 1.54) is 5.56 Å². The Morgan fingerprint density at radius 1 is 1.41 bits per heavy atom. The van der Waals surface area contributed by atoms with E-state index in [-0.39, 0.29) is 24.4 Å². The molecule has 3 N–H and O–H groups in total. The highest BCUT2D eigenvalue weighted by molar-refractivity contribution is 5.86. The van der Waals surface area contributed by atoms with Crippen molar-refractivity contribution in [2.45, 2.75) is 37.3 Å². The minimum Gasteiger partial charge on any atom is -0.496 e. The number of methoxy groups -OCH3 is 1. The van der Waals surface area contributed by atoms with Crippen LogP contribution in [-0.2, 0) is 16.0 Å². The molecule has 1 aliphatic carbocycles. The number of ether oxygens (including phenoxy) is 2. The lowest BCUT2D eigenvalue weighted by Gasteiger charge is -2.33. The molecule has 0 aromatic heterocycles. The largest absolute Gasteiger partial charge is 0.496 e. The van der Waals surface area contributed by atoms with E-state index < -0.39 is 5.54 Å². The van der Waals surface area contributed by atoms with E-state index in [9.17, 15) is 4.79 Å². The van der Waals surface area contributed by atoms with E-state index in [2.05, 4.69) is 11.4 Å². The van der Waals surface area contributed by atoms with Gasteiger partial charge in [0, 0.05) is 13.2 Å². The first-order valence-corrected chi connectivity index (χ1v) is 7.47. The van der Waals surface area contributed by atoms with Crippen molar-refractivity contribution in [1.29, 1.82) is 0 Å². The molecule has 1 aromatic carbocycles. The zero-order valence-electron chi connectivity index (χ0n) is 12.8. The molecule has 0 radical (unpaired) electrons. The second-order valence-corrected chi connectivity index (χ2v) is 5.86. The van der Waals surface area contributed by atoms with Crippen LogP contribution in [-0.4, -0.2) is 31.8 Å². The Labute approximate surface area is 137 Å². The normalized spacial score (nSPS) is 22.4. The van der Waals surface area contributed by atoms with Crippen molar-refractivity contribution < 1.29 is 14.3 Å². The van der Waals surface area contributed by atoms with Gasteiger partial charge in [-0.1, -0.05) is 12.1 Å². The molecular formula is C16H23ClN2O3. The average Bonchev–Trinajstić information content (AvgIpc) is 2.91. The van der Waals surface area contributed by atoms with Crippen LogP contribution in [0.25, 0.3) is 0 Å². The number of rotatable bonds is 3. The Bertz CT molecular complexity index is 544. The lowest BCUT2D eigenvalue weighted by atomic mass is 9.90. The van der Waals surface area contributed by atoms with Crippen molar-refractivity contribution in [3.63, 3.8) is 0 Å². The van der Waals surface area contributed by atoms with Crippen LogP contribution in [0.1, 0.15) is 36.4 Å². The minimum atomic E-state index is -0.792. The zero-order chi connectivity index (χ0) is 14.9. The fourth-order valence-electron chi connectivity index (χ4n) is 3.23. The molecule has 1 aliphatic heterocycles. The van der Waals surface area contributed by atoms with Crippen molar-refractivity contribution in [3.05, 3.63) is 29.3 Å². The SMILES string of the molecule is COc1cccc2c1CCC2NC(=O)C1(N)CCOCC1.Cl. The predicted molar refractivity (Wildman–Crippen MR) is 86.4 cm³/mol. The van der Waals surface area contributed by atoms with Crippen LogP contribution < -0.4 is 15.8 Å². The molecule has 1 aromatic rings. The summed E-state index contributed by atoms with van der Waals surface area (Å²) < 4.78 is 10.7. The van der Waals surface area contributed by atoms with Crippen LogP contribution in [0, 0.1) is 0 Å². The summed E-state index contributed by atoms with van der Waals surface area (Å²) in [4.78, 5) is 12.5. The van der Waals surface area contributed by atoms with Gasteiger partial charge >= 0.3 is 0 Å². The van der Waals surface area contributed by atoms with Crippen LogP contribution in [0.2, 0.25) is 0 Å². The van der Waals surface area contributed by atoms with Gasteiger partial charge in [0.05, 0.1) is 18.7 Å². The smallest absolute Gasteiger partial charge is 0.240 e. The van der Waals surface area contributed by atoms with Crippen molar-refractivity contribution in [2.24, 2.45) is 5.73 Å². The highest BCUT2D eigenvalue weighted by Gasteiger charge is 2.38. The Balaban J connectivity index is 0.00000176. The number of halogens is 1. The quantitative estimate of drug-likeness (QED) is 0.887. The summed E-state index contributed by atoms with van der Waals surface area (Å²) in [5.74, 6) is 0.837. The van der Waals surface area contributed by atoms with Gasteiger partial charge in [-0.25, -0.2) is 0 Å². The summed E-state index contributed by atoms with van der Waals surface area (Å²) in [7, 11) is 1.68. The number of carbonyl (C=O) groups is 1. The third kappa shape index (κ3) is 3.07. The third-order valence-electron chi connectivity index (χ3n) is 4.59. The topological polar surface area (TPSA) is 73.6 Å². The molecule has 0 spiro atoms. The summed E-state index contributed by atoms with van der Waals surface area (Å²) in [6, 6.07) is 6.02. The van der Waals surface area contributed by atoms with Gasteiger partial charge in [0.15, 0.2) is 0 Å². The maximum Gasteiger partial charge on any atom is 0.240 e. The summed E-state index contributed by atoms with van der Waals surface area (Å²) >= 11 is 0. The monoisotopic (exact) mass is 326 g/mol. The second-order valence-electron chi connectivity index (χ2n) is 5.86. The van der Waals surface area contributed by atoms with E-state index in [1.54, 1.807) is 7.11 Å². The van der Waals surface area contributed by atoms with Crippen LogP contribution in [0.15, 0.2) is 18.2 Å². The molecule has 1 heterocycles. The number of hydrogen-bond donors (Lipinski definition) is 2. The lowest BCUT2D eigenvalue weighted by Crippen LogP contribution is -2.57. The van der Waals surface area contributed by atoms with Crippen LogP contribution in [0.5, 0.6) is 5.75 Å². The van der Waals surface area contributed by atoms with Crippen molar-refractivity contribution >= 4 is 18.3 Å². The number of benzene rings is 1. The van der Waals surface area contributed by atoms with E-state index in [1.807, 2.05) is 12.1 Å². The van der Waals surface area contributed by atoms with Crippen molar-refractivity contribution in [3.8, 4) is 5.75 Å². The summed E-state index contributed by atoms with van der Waals surface area (Å²) in [6.07, 6.45) is 2.98. The first-order chi connectivity index (χ1) is 10.1. The molecule has 122 valence electrons. The van der Waals surface area contributed by atoms with Gasteiger partial charge in [-0.05, 0) is 42.9 Å². The van der Waals surface area contributed by atoms with Gasteiger partial charge in [0.2, 0.25) is 5.91 Å². The summed E-state index contributed by atoms with van der Waals surface area (Å²) in [5, 5.41) is 3.12. The molecule has 2 aliphatic rings. The number of nitrogens with one attached hydrogen (secondary N) is 1. The average molecular weight is 327 g/mol. The summed E-state index contributed by atoms with van der Waals surface area (Å²) in [5.41, 5.74) is 7.80. The number of nitrogens with two attached hydrogens (primary N) is 1. The van der Waals surface area contributed by atoms with Crippen molar-refractivity contribution in [2.75, 3.05) is 20.3 Å². The fourth-order valence-corrected chi connectivity index (χ4v) is 3.23. The second kappa shape index (κ2) is 6.86. The summed E-state index contributed by atoms with van der Waals surface area (Å²) in [6.45, 7) is 1.11.